The minimum atomic E-state index is -0.337. The Morgan fingerprint density at radius 2 is 2.32 bits per heavy atom. The average Bonchev–Trinajstić information content (AvgIpc) is 3.14. The monoisotopic (exact) mass is 318 g/mol. The van der Waals surface area contributed by atoms with E-state index in [1.165, 1.54) is 23.5 Å². The molecule has 2 aromatic heterocycles. The molecule has 0 aliphatic rings. The fraction of sp³-hybridized carbons (Fsp3) is 0.250. The number of ketones is 1. The van der Waals surface area contributed by atoms with Crippen LogP contribution in [-0.4, -0.2) is 22.9 Å². The molecule has 114 valence electrons. The molecule has 4 nitrogen and oxygen atoms in total. The van der Waals surface area contributed by atoms with Crippen LogP contribution < -0.4 is 0 Å². The molecule has 3 aromatic rings. The zero-order valence-corrected chi connectivity index (χ0v) is 13.0. The number of benzene rings is 1. The molecule has 22 heavy (non-hydrogen) atoms. The highest BCUT2D eigenvalue weighted by Gasteiger charge is 2.20. The molecule has 1 N–H and O–H groups in total. The number of halogens is 1. The van der Waals surface area contributed by atoms with Crippen molar-refractivity contribution in [2.24, 2.45) is 0 Å². The van der Waals surface area contributed by atoms with Crippen LogP contribution >= 0.6 is 11.3 Å². The molecule has 0 saturated carbocycles. The molecule has 0 bridgehead atoms. The van der Waals surface area contributed by atoms with Gasteiger partial charge in [-0.2, -0.15) is 0 Å². The smallest absolute Gasteiger partial charge is 0.223 e. The molecule has 0 fully saturated rings. The fourth-order valence-electron chi connectivity index (χ4n) is 2.44. The van der Waals surface area contributed by atoms with Crippen molar-refractivity contribution in [2.45, 2.75) is 19.4 Å². The molecule has 0 aliphatic heterocycles. The molecule has 2 heterocycles. The van der Waals surface area contributed by atoms with Gasteiger partial charge in [-0.3, -0.25) is 4.79 Å². The maximum atomic E-state index is 13.2. The van der Waals surface area contributed by atoms with Crippen LogP contribution in [-0.2, 0) is 4.74 Å². The van der Waals surface area contributed by atoms with Crippen LogP contribution in [0, 0.1) is 5.82 Å². The van der Waals surface area contributed by atoms with E-state index >= 15 is 0 Å². The van der Waals surface area contributed by atoms with E-state index < -0.39 is 0 Å². The summed E-state index contributed by atoms with van der Waals surface area (Å²) in [6.07, 6.45) is 2.29. The first-order valence-corrected chi connectivity index (χ1v) is 7.81. The van der Waals surface area contributed by atoms with Gasteiger partial charge in [0.25, 0.3) is 0 Å². The van der Waals surface area contributed by atoms with Crippen molar-refractivity contribution >= 4 is 28.0 Å². The van der Waals surface area contributed by atoms with Gasteiger partial charge in [0, 0.05) is 29.6 Å². The number of methoxy groups -OCH3 is 1. The van der Waals surface area contributed by atoms with Gasteiger partial charge in [0.15, 0.2) is 5.01 Å². The van der Waals surface area contributed by atoms with Crippen LogP contribution in [0.5, 0.6) is 0 Å². The van der Waals surface area contributed by atoms with Crippen LogP contribution in [0.1, 0.15) is 40.5 Å². The van der Waals surface area contributed by atoms with Gasteiger partial charge in [0.1, 0.15) is 5.82 Å². The predicted octanol–water partition coefficient (Wildman–Crippen LogP) is 4.09. The van der Waals surface area contributed by atoms with E-state index in [0.717, 1.165) is 12.1 Å². The Morgan fingerprint density at radius 3 is 3.05 bits per heavy atom. The lowest BCUT2D eigenvalue weighted by Crippen LogP contribution is -2.03. The number of hydrogen-bond donors (Lipinski definition) is 1. The van der Waals surface area contributed by atoms with E-state index in [4.69, 9.17) is 4.74 Å². The van der Waals surface area contributed by atoms with E-state index in [-0.39, 0.29) is 17.7 Å². The summed E-state index contributed by atoms with van der Waals surface area (Å²) in [4.78, 5) is 19.9. The Bertz CT molecular complexity index is 821. The quantitative estimate of drug-likeness (QED) is 0.721. The highest BCUT2D eigenvalue weighted by atomic mass is 32.1. The van der Waals surface area contributed by atoms with Crippen molar-refractivity contribution in [1.82, 2.24) is 9.97 Å². The first-order valence-electron chi connectivity index (χ1n) is 6.93. The number of H-pyrrole nitrogens is 1. The summed E-state index contributed by atoms with van der Waals surface area (Å²) >= 11 is 1.30. The van der Waals surface area contributed by atoms with Crippen molar-refractivity contribution < 1.29 is 13.9 Å². The minimum absolute atomic E-state index is 0.102. The molecule has 1 aromatic carbocycles. The van der Waals surface area contributed by atoms with Crippen molar-refractivity contribution in [3.8, 4) is 0 Å². The third-order valence-electron chi connectivity index (χ3n) is 3.59. The average molecular weight is 318 g/mol. The van der Waals surface area contributed by atoms with E-state index in [0.29, 0.717) is 21.5 Å². The topological polar surface area (TPSA) is 55.0 Å². The van der Waals surface area contributed by atoms with Crippen molar-refractivity contribution in [3.05, 3.63) is 51.9 Å². The molecule has 0 saturated heterocycles. The summed E-state index contributed by atoms with van der Waals surface area (Å²) in [5.41, 5.74) is 1.87. The van der Waals surface area contributed by atoms with Gasteiger partial charge in [-0.1, -0.05) is 6.92 Å². The van der Waals surface area contributed by atoms with Gasteiger partial charge in [-0.05, 0) is 24.6 Å². The summed E-state index contributed by atoms with van der Waals surface area (Å²) in [6.45, 7) is 2.00. The van der Waals surface area contributed by atoms with Crippen molar-refractivity contribution in [2.75, 3.05) is 7.11 Å². The Kier molecular flexibility index (Phi) is 4.04. The van der Waals surface area contributed by atoms with Crippen LogP contribution in [0.25, 0.3) is 10.9 Å². The normalized spacial score (nSPS) is 12.7. The number of aromatic nitrogens is 2. The first-order chi connectivity index (χ1) is 10.6. The van der Waals surface area contributed by atoms with Gasteiger partial charge >= 0.3 is 0 Å². The van der Waals surface area contributed by atoms with Crippen molar-refractivity contribution in [1.29, 1.82) is 0 Å². The molecule has 0 radical (unpaired) electrons. The minimum Gasteiger partial charge on any atom is -0.375 e. The molecular formula is C16H15FN2O2S. The molecular weight excluding hydrogens is 303 g/mol. The largest absolute Gasteiger partial charge is 0.375 e. The molecule has 0 amide bonds. The second kappa shape index (κ2) is 5.98. The number of carbonyl (C=O) groups is 1. The van der Waals surface area contributed by atoms with E-state index in [1.807, 2.05) is 12.3 Å². The number of rotatable bonds is 5. The van der Waals surface area contributed by atoms with Crippen molar-refractivity contribution in [3.63, 3.8) is 0 Å². The third kappa shape index (κ3) is 2.55. The molecule has 0 aliphatic carbocycles. The molecule has 3 rings (SSSR count). The van der Waals surface area contributed by atoms with Crippen LogP contribution in [0.3, 0.4) is 0 Å². The number of thiazole rings is 1. The SMILES string of the molecule is CCC(OC)c1csc(C(=O)c2c[nH]c3cc(F)ccc23)n1. The second-order valence-corrected chi connectivity index (χ2v) is 5.79. The summed E-state index contributed by atoms with van der Waals surface area (Å²) in [5.74, 6) is -0.504. The second-order valence-electron chi connectivity index (χ2n) is 4.93. The van der Waals surface area contributed by atoms with Gasteiger partial charge in [0.2, 0.25) is 5.78 Å². The summed E-state index contributed by atoms with van der Waals surface area (Å²) in [7, 11) is 1.63. The van der Waals surface area contributed by atoms with E-state index in [1.54, 1.807) is 19.4 Å². The van der Waals surface area contributed by atoms with Crippen LogP contribution in [0.4, 0.5) is 4.39 Å². The Hall–Kier alpha value is -2.05. The predicted molar refractivity (Wildman–Crippen MR) is 83.8 cm³/mol. The highest BCUT2D eigenvalue weighted by molar-refractivity contribution is 7.12. The van der Waals surface area contributed by atoms with E-state index in [9.17, 15) is 9.18 Å². The number of nitrogens with zero attached hydrogens (tertiary/aromatic N) is 1. The third-order valence-corrected chi connectivity index (χ3v) is 4.45. The van der Waals surface area contributed by atoms with Gasteiger partial charge in [-0.15, -0.1) is 11.3 Å². The maximum absolute atomic E-state index is 13.2. The van der Waals surface area contributed by atoms with Crippen LogP contribution in [0.2, 0.25) is 0 Å². The van der Waals surface area contributed by atoms with E-state index in [2.05, 4.69) is 9.97 Å². The highest BCUT2D eigenvalue weighted by Crippen LogP contribution is 2.26. The molecule has 1 atom stereocenters. The lowest BCUT2D eigenvalue weighted by atomic mass is 10.1. The summed E-state index contributed by atoms with van der Waals surface area (Å²) in [5, 5.41) is 2.96. The van der Waals surface area contributed by atoms with Gasteiger partial charge in [-0.25, -0.2) is 9.37 Å². The number of fused-ring (bicyclic) bond motifs is 1. The fourth-order valence-corrected chi connectivity index (χ4v) is 3.25. The number of aromatic amines is 1. The maximum Gasteiger partial charge on any atom is 0.223 e. The van der Waals surface area contributed by atoms with Gasteiger partial charge in [0.05, 0.1) is 17.4 Å². The first kappa shape index (κ1) is 14.9. The number of carbonyl (C=O) groups excluding carboxylic acids is 1. The Labute approximate surface area is 131 Å². The summed E-state index contributed by atoms with van der Waals surface area (Å²) < 4.78 is 18.5. The zero-order valence-electron chi connectivity index (χ0n) is 12.2. The Morgan fingerprint density at radius 1 is 1.50 bits per heavy atom. The number of nitrogens with one attached hydrogen (secondary N) is 1. The Balaban J connectivity index is 1.96. The lowest BCUT2D eigenvalue weighted by Gasteiger charge is -2.08. The molecule has 6 heteroatoms. The van der Waals surface area contributed by atoms with Gasteiger partial charge < -0.3 is 9.72 Å². The zero-order chi connectivity index (χ0) is 15.7. The number of ether oxygens (including phenoxy) is 1. The summed E-state index contributed by atoms with van der Waals surface area (Å²) in [6, 6.07) is 4.32. The standard InChI is InChI=1S/C16H15FN2O2S/c1-3-14(21-2)13-8-22-16(19-13)15(20)11-7-18-12-6-9(17)4-5-10(11)12/h4-8,14,18H,3H2,1-2H3. The number of hydrogen-bond acceptors (Lipinski definition) is 4. The lowest BCUT2D eigenvalue weighted by molar-refractivity contribution is 0.0962. The molecule has 1 unspecified atom stereocenters. The van der Waals surface area contributed by atoms with Crippen LogP contribution in [0.15, 0.2) is 29.8 Å². The molecule has 0 spiro atoms.